The highest BCUT2D eigenvalue weighted by atomic mass is 16.5. The van der Waals surface area contributed by atoms with Crippen molar-refractivity contribution in [3.63, 3.8) is 0 Å². The zero-order valence-electron chi connectivity index (χ0n) is 25.2. The molecule has 0 aliphatic carbocycles. The van der Waals surface area contributed by atoms with Gasteiger partial charge >= 0.3 is 0 Å². The van der Waals surface area contributed by atoms with E-state index in [0.29, 0.717) is 16.8 Å². The molecule has 224 valence electrons. The van der Waals surface area contributed by atoms with Gasteiger partial charge in [0.15, 0.2) is 5.88 Å². The fourth-order valence-electron chi connectivity index (χ4n) is 5.90. The fourth-order valence-corrected chi connectivity index (χ4v) is 5.90. The molecule has 0 radical (unpaired) electrons. The number of benzene rings is 4. The van der Waals surface area contributed by atoms with Gasteiger partial charge in [0.05, 0.1) is 30.1 Å². The average Bonchev–Trinajstić information content (AvgIpc) is 3.39. The van der Waals surface area contributed by atoms with Crippen LogP contribution in [0.4, 0.5) is 5.69 Å². The molecule has 1 aliphatic heterocycles. The summed E-state index contributed by atoms with van der Waals surface area (Å²) in [6.45, 7) is 5.10. The van der Waals surface area contributed by atoms with Crippen LogP contribution in [0.25, 0.3) is 10.9 Å². The Kier molecular flexibility index (Phi) is 8.75. The van der Waals surface area contributed by atoms with Gasteiger partial charge in [0.1, 0.15) is 5.75 Å². The SMILES string of the molecule is COc1ccc(C(C)NC(=O)c2ccc3[nH]c(O)c(C(=Nc4cccc(CN5CCCCC5)c4)c4ccccc4)c3c2)cc1. The summed E-state index contributed by atoms with van der Waals surface area (Å²) in [5.74, 6) is 0.573. The van der Waals surface area contributed by atoms with Crippen LogP contribution in [0.15, 0.2) is 102 Å². The van der Waals surface area contributed by atoms with Gasteiger partial charge in [-0.3, -0.25) is 9.69 Å². The maximum Gasteiger partial charge on any atom is 0.251 e. The molecule has 3 N–H and O–H groups in total. The topological polar surface area (TPSA) is 89.9 Å². The van der Waals surface area contributed by atoms with Gasteiger partial charge in [0.25, 0.3) is 5.91 Å². The van der Waals surface area contributed by atoms with E-state index >= 15 is 0 Å². The highest BCUT2D eigenvalue weighted by Crippen LogP contribution is 2.33. The van der Waals surface area contributed by atoms with Crippen molar-refractivity contribution in [2.75, 3.05) is 20.2 Å². The third kappa shape index (κ3) is 6.53. The number of amides is 1. The van der Waals surface area contributed by atoms with E-state index < -0.39 is 0 Å². The van der Waals surface area contributed by atoms with Crippen molar-refractivity contribution >= 4 is 28.2 Å². The summed E-state index contributed by atoms with van der Waals surface area (Å²) < 4.78 is 5.26. The number of H-pyrrole nitrogens is 1. The lowest BCUT2D eigenvalue weighted by Crippen LogP contribution is -2.28. The van der Waals surface area contributed by atoms with Crippen LogP contribution in [0.2, 0.25) is 0 Å². The molecule has 1 atom stereocenters. The normalized spacial score (nSPS) is 14.8. The van der Waals surface area contributed by atoms with Crippen molar-refractivity contribution in [2.45, 2.75) is 38.8 Å². The largest absolute Gasteiger partial charge is 0.497 e. The van der Waals surface area contributed by atoms with Crippen LogP contribution >= 0.6 is 0 Å². The zero-order chi connectivity index (χ0) is 30.5. The fraction of sp³-hybridized carbons (Fsp3) is 0.243. The minimum atomic E-state index is -0.207. The van der Waals surface area contributed by atoms with Crippen LogP contribution < -0.4 is 10.1 Å². The molecule has 0 spiro atoms. The molecule has 0 bridgehead atoms. The standard InChI is InChI=1S/C37H38N4O3/c1-25(27-14-17-31(44-2)18-15-27)38-36(42)29-16-19-33-32(23-29)34(37(43)40-33)35(28-11-5-3-6-12-28)39-30-13-9-10-26(22-30)24-41-20-7-4-8-21-41/h3,5-6,9-19,22-23,25,40,43H,4,7-8,20-21,24H2,1-2H3,(H,38,42). The summed E-state index contributed by atoms with van der Waals surface area (Å²) in [4.78, 5) is 24.1. The Morgan fingerprint density at radius 2 is 1.70 bits per heavy atom. The second-order valence-electron chi connectivity index (χ2n) is 11.4. The number of piperidine rings is 1. The minimum Gasteiger partial charge on any atom is -0.497 e. The number of nitrogens with zero attached hydrogens (tertiary/aromatic N) is 2. The number of aliphatic imine (C=N–C) groups is 1. The zero-order valence-corrected chi connectivity index (χ0v) is 25.2. The van der Waals surface area contributed by atoms with Crippen LogP contribution in [0.5, 0.6) is 11.6 Å². The van der Waals surface area contributed by atoms with Crippen LogP contribution in [-0.4, -0.2) is 46.8 Å². The first-order valence-electron chi connectivity index (χ1n) is 15.2. The van der Waals surface area contributed by atoms with Crippen molar-refractivity contribution < 1.29 is 14.6 Å². The smallest absolute Gasteiger partial charge is 0.251 e. The molecule has 1 aliphatic rings. The Labute approximate surface area is 258 Å². The number of hydrogen-bond acceptors (Lipinski definition) is 5. The molecule has 2 heterocycles. The molecule has 1 unspecified atom stereocenters. The van der Waals surface area contributed by atoms with E-state index in [-0.39, 0.29) is 17.8 Å². The van der Waals surface area contributed by atoms with Gasteiger partial charge in [-0.2, -0.15) is 0 Å². The van der Waals surface area contributed by atoms with Crippen LogP contribution in [0, 0.1) is 0 Å². The van der Waals surface area contributed by atoms with E-state index in [1.165, 1.54) is 24.8 Å². The number of aromatic nitrogens is 1. The molecule has 4 aromatic carbocycles. The van der Waals surface area contributed by atoms with E-state index in [1.54, 1.807) is 13.2 Å². The molecule has 6 rings (SSSR count). The minimum absolute atomic E-state index is 0.0104. The third-order valence-electron chi connectivity index (χ3n) is 8.29. The summed E-state index contributed by atoms with van der Waals surface area (Å²) in [6, 6.07) is 31.0. The van der Waals surface area contributed by atoms with Gasteiger partial charge in [0.2, 0.25) is 0 Å². The molecule has 1 aromatic heterocycles. The Hall–Kier alpha value is -4.88. The molecule has 7 heteroatoms. The Bertz CT molecular complexity index is 1770. The van der Waals surface area contributed by atoms with E-state index in [9.17, 15) is 9.90 Å². The molecular formula is C37H38N4O3. The molecular weight excluding hydrogens is 548 g/mol. The van der Waals surface area contributed by atoms with Crippen molar-refractivity contribution in [2.24, 2.45) is 4.99 Å². The van der Waals surface area contributed by atoms with Gasteiger partial charge in [-0.15, -0.1) is 0 Å². The van der Waals surface area contributed by atoms with E-state index in [0.717, 1.165) is 53.1 Å². The lowest BCUT2D eigenvalue weighted by atomic mass is 9.99. The molecule has 0 saturated carbocycles. The quantitative estimate of drug-likeness (QED) is 0.156. The number of likely N-dealkylation sites (tertiary alicyclic amines) is 1. The van der Waals surface area contributed by atoms with Crippen molar-refractivity contribution in [1.29, 1.82) is 0 Å². The van der Waals surface area contributed by atoms with Crippen LogP contribution in [0.3, 0.4) is 0 Å². The second kappa shape index (κ2) is 13.2. The van der Waals surface area contributed by atoms with E-state index in [1.807, 2.05) is 85.8 Å². The summed E-state index contributed by atoms with van der Waals surface area (Å²) in [7, 11) is 1.63. The van der Waals surface area contributed by atoms with Crippen molar-refractivity contribution in [3.05, 3.63) is 125 Å². The molecule has 1 fully saturated rings. The number of fused-ring (bicyclic) bond motifs is 1. The Morgan fingerprint density at radius 3 is 2.45 bits per heavy atom. The van der Waals surface area contributed by atoms with Gasteiger partial charge in [-0.05, 0) is 86.4 Å². The summed E-state index contributed by atoms with van der Waals surface area (Å²) in [5, 5.41) is 15.0. The number of nitrogens with one attached hydrogen (secondary N) is 2. The second-order valence-corrected chi connectivity index (χ2v) is 11.4. The molecule has 1 amide bonds. The number of ether oxygens (including phenoxy) is 1. The number of aromatic amines is 1. The molecule has 5 aromatic rings. The van der Waals surface area contributed by atoms with Gasteiger partial charge in [0, 0.05) is 28.6 Å². The van der Waals surface area contributed by atoms with E-state index in [4.69, 9.17) is 9.73 Å². The van der Waals surface area contributed by atoms with Gasteiger partial charge in [-0.25, -0.2) is 4.99 Å². The van der Waals surface area contributed by atoms with Crippen LogP contribution in [0.1, 0.15) is 64.8 Å². The van der Waals surface area contributed by atoms with Gasteiger partial charge < -0.3 is 20.1 Å². The van der Waals surface area contributed by atoms with Gasteiger partial charge in [-0.1, -0.05) is 61.0 Å². The average molecular weight is 587 g/mol. The predicted molar refractivity (Wildman–Crippen MR) is 176 cm³/mol. The molecule has 1 saturated heterocycles. The maximum atomic E-state index is 13.4. The number of aromatic hydroxyl groups is 1. The monoisotopic (exact) mass is 586 g/mol. The number of rotatable bonds is 9. The predicted octanol–water partition coefficient (Wildman–Crippen LogP) is 7.53. The first-order valence-corrected chi connectivity index (χ1v) is 15.2. The summed E-state index contributed by atoms with van der Waals surface area (Å²) >= 11 is 0. The Balaban J connectivity index is 1.35. The number of carbonyl (C=O) groups excluding carboxylic acids is 1. The van der Waals surface area contributed by atoms with Crippen molar-refractivity contribution in [1.82, 2.24) is 15.2 Å². The first kappa shape index (κ1) is 29.2. The van der Waals surface area contributed by atoms with E-state index in [2.05, 4.69) is 27.3 Å². The first-order chi connectivity index (χ1) is 21.5. The molecule has 44 heavy (non-hydrogen) atoms. The number of hydrogen-bond donors (Lipinski definition) is 3. The highest BCUT2D eigenvalue weighted by molar-refractivity contribution is 6.22. The summed E-state index contributed by atoms with van der Waals surface area (Å²) in [5.41, 5.74) is 6.28. The maximum absolute atomic E-state index is 13.4. The summed E-state index contributed by atoms with van der Waals surface area (Å²) in [6.07, 6.45) is 3.80. The lowest BCUT2D eigenvalue weighted by molar-refractivity contribution is 0.0940. The lowest BCUT2D eigenvalue weighted by Gasteiger charge is -2.26. The Morgan fingerprint density at radius 1 is 0.932 bits per heavy atom. The number of carbonyl (C=O) groups is 1. The van der Waals surface area contributed by atoms with Crippen LogP contribution in [-0.2, 0) is 6.54 Å². The molecule has 7 nitrogen and oxygen atoms in total. The van der Waals surface area contributed by atoms with Crippen molar-refractivity contribution in [3.8, 4) is 11.6 Å². The number of methoxy groups -OCH3 is 1. The third-order valence-corrected chi connectivity index (χ3v) is 8.29. The highest BCUT2D eigenvalue weighted by Gasteiger charge is 2.21.